The minimum absolute atomic E-state index is 0. The average Bonchev–Trinajstić information content (AvgIpc) is 2.97. The summed E-state index contributed by atoms with van der Waals surface area (Å²) in [5.41, 5.74) is 6.21. The Bertz CT molecular complexity index is 963. The molecule has 4 unspecified atom stereocenters. The van der Waals surface area contributed by atoms with Gasteiger partial charge in [-0.3, -0.25) is 0 Å². The van der Waals surface area contributed by atoms with Gasteiger partial charge < -0.3 is 24.8 Å². The Morgan fingerprint density at radius 2 is 1.61 bits per heavy atom. The Morgan fingerprint density at radius 3 is 2.36 bits per heavy atom. The van der Waals surface area contributed by atoms with E-state index in [0.29, 0.717) is 11.8 Å². The van der Waals surface area contributed by atoms with Crippen LogP contribution in [0.4, 0.5) is 0 Å². The molecule has 4 heteroatoms. The zero-order chi connectivity index (χ0) is 18.1. The number of allylic oxidation sites excluding steroid dienone is 2. The van der Waals surface area contributed by atoms with E-state index in [0.717, 1.165) is 9.54 Å². The number of halogens is 2. The average molecular weight is 504 g/mol. The molecule has 1 aliphatic heterocycles. The van der Waals surface area contributed by atoms with Gasteiger partial charge in [-0.1, -0.05) is 0 Å². The second kappa shape index (κ2) is 8.03. The van der Waals surface area contributed by atoms with Crippen LogP contribution in [0.15, 0.2) is 59.8 Å². The quantitative estimate of drug-likeness (QED) is 0.534. The predicted molar refractivity (Wildman–Crippen MR) is 109 cm³/mol. The van der Waals surface area contributed by atoms with Crippen LogP contribution in [0.1, 0.15) is 47.4 Å². The van der Waals surface area contributed by atoms with Crippen molar-refractivity contribution in [2.75, 3.05) is 0 Å². The first kappa shape index (κ1) is 22.3. The zero-order valence-corrected chi connectivity index (χ0v) is 21.5. The van der Waals surface area contributed by atoms with E-state index in [-0.39, 0.29) is 24.8 Å². The molecule has 3 aliphatic rings. The van der Waals surface area contributed by atoms with Crippen LogP contribution in [0.2, 0.25) is 16.7 Å². The number of hydrogen-bond donors (Lipinski definition) is 0. The van der Waals surface area contributed by atoms with Crippen LogP contribution in [0.5, 0.6) is 0 Å². The van der Waals surface area contributed by atoms with Gasteiger partial charge in [0, 0.05) is 0 Å². The summed E-state index contributed by atoms with van der Waals surface area (Å²) in [6.07, 6.45) is 6.13. The van der Waals surface area contributed by atoms with Crippen LogP contribution < -0.4 is 24.8 Å². The van der Waals surface area contributed by atoms with Gasteiger partial charge in [-0.2, -0.15) is 0 Å². The van der Waals surface area contributed by atoms with Crippen LogP contribution in [0.25, 0.3) is 11.3 Å². The van der Waals surface area contributed by atoms with Gasteiger partial charge in [-0.05, 0) is 0 Å². The first-order chi connectivity index (χ1) is 12.5. The third-order valence-corrected chi connectivity index (χ3v) is 12.7. The second-order valence-corrected chi connectivity index (χ2v) is 14.7. The Labute approximate surface area is 197 Å². The molecule has 2 aromatic carbocycles. The summed E-state index contributed by atoms with van der Waals surface area (Å²) < 4.78 is 0.766. The third kappa shape index (κ3) is 3.29. The van der Waals surface area contributed by atoms with Gasteiger partial charge in [0.2, 0.25) is 0 Å². The number of fused-ring (bicyclic) bond motifs is 3. The van der Waals surface area contributed by atoms with Crippen LogP contribution in [-0.4, -0.2) is 8.07 Å². The molecule has 0 N–H and O–H groups in total. The Balaban J connectivity index is 0.00000112. The largest absolute Gasteiger partial charge is 1.00 e. The number of rotatable bonds is 4. The van der Waals surface area contributed by atoms with Gasteiger partial charge in [-0.25, -0.2) is 0 Å². The molecular formula is C24H25Cl2SiZr. The van der Waals surface area contributed by atoms with Crippen LogP contribution >= 0.6 is 0 Å². The van der Waals surface area contributed by atoms with Gasteiger partial charge in [-0.15, -0.1) is 0 Å². The Hall–Kier alpha value is -0.400. The van der Waals surface area contributed by atoms with Crippen molar-refractivity contribution in [2.24, 2.45) is 5.92 Å². The second-order valence-electron chi connectivity index (χ2n) is 8.81. The molecule has 0 radical (unpaired) electrons. The molecule has 0 aromatic heterocycles. The van der Waals surface area contributed by atoms with Crippen molar-refractivity contribution < 1.29 is 49.5 Å². The fraction of sp³-hybridized carbons (Fsp3) is 0.333. The fourth-order valence-electron chi connectivity index (χ4n) is 5.48. The van der Waals surface area contributed by atoms with Crippen molar-refractivity contribution >= 4 is 19.3 Å². The van der Waals surface area contributed by atoms with E-state index >= 15 is 0 Å². The SMILES string of the molecule is CC(CC1C2=C(c3ccccc31)[Si]2(C)C)[CH]([Zr+2])C1C=Cc2ccccc21.[Cl-].[Cl-]. The molecule has 143 valence electrons. The van der Waals surface area contributed by atoms with E-state index in [9.17, 15) is 0 Å². The molecule has 0 nitrogen and oxygen atoms in total. The zero-order valence-electron chi connectivity index (χ0n) is 16.5. The van der Waals surface area contributed by atoms with Crippen molar-refractivity contribution in [1.29, 1.82) is 0 Å². The molecule has 28 heavy (non-hydrogen) atoms. The minimum atomic E-state index is -1.19. The standard InChI is InChI=1S/C24H25Si.2ClH.Zr/c1-16(14-18-13-12-17-8-4-5-9-19(17)18)15-22-20-10-6-7-11-21(20)23-24(22)25(23,2)3;;;/h4-14,16,18,22H,15H2,1-3H3;2*1H;/q;;;+2/p-2. The molecule has 0 saturated heterocycles. The molecule has 0 spiro atoms. The topological polar surface area (TPSA) is 0 Å². The van der Waals surface area contributed by atoms with Gasteiger partial charge in [0.05, 0.1) is 0 Å². The van der Waals surface area contributed by atoms with E-state index < -0.39 is 8.07 Å². The van der Waals surface area contributed by atoms with Gasteiger partial charge >= 0.3 is 174 Å². The van der Waals surface area contributed by atoms with E-state index in [2.05, 4.69) is 80.7 Å². The summed E-state index contributed by atoms with van der Waals surface area (Å²) in [4.78, 5) is 0. The molecule has 5 rings (SSSR count). The first-order valence-corrected chi connectivity index (χ1v) is 14.2. The molecule has 4 atom stereocenters. The van der Waals surface area contributed by atoms with E-state index in [1.165, 1.54) is 12.0 Å². The molecule has 0 amide bonds. The Kier molecular flexibility index (Phi) is 6.39. The molecule has 0 saturated carbocycles. The molecule has 1 heterocycles. The Morgan fingerprint density at radius 1 is 0.964 bits per heavy atom. The van der Waals surface area contributed by atoms with Gasteiger partial charge in [0.25, 0.3) is 0 Å². The van der Waals surface area contributed by atoms with E-state index in [4.69, 9.17) is 0 Å². The summed E-state index contributed by atoms with van der Waals surface area (Å²) >= 11 is 1.68. The van der Waals surface area contributed by atoms with Crippen molar-refractivity contribution in [3.8, 4) is 0 Å². The van der Waals surface area contributed by atoms with E-state index in [1.807, 2.05) is 5.20 Å². The normalized spacial score (nSPS) is 24.5. The van der Waals surface area contributed by atoms with Gasteiger partial charge in [0.1, 0.15) is 0 Å². The maximum Gasteiger partial charge on any atom is -1.00 e. The summed E-state index contributed by atoms with van der Waals surface area (Å²) in [6.45, 7) is 7.61. The minimum Gasteiger partial charge on any atom is -1.00 e. The number of benzene rings is 2. The number of hydrogen-bond acceptors (Lipinski definition) is 0. The molecule has 0 bridgehead atoms. The molecule has 0 fully saturated rings. The molecule has 2 aliphatic carbocycles. The van der Waals surface area contributed by atoms with Crippen molar-refractivity contribution in [3.63, 3.8) is 0 Å². The maximum atomic E-state index is 2.55. The predicted octanol–water partition coefficient (Wildman–Crippen LogP) is 0.518. The smallest absolute Gasteiger partial charge is 1.00 e. The summed E-state index contributed by atoms with van der Waals surface area (Å²) in [6, 6.07) is 18.2. The van der Waals surface area contributed by atoms with Crippen LogP contribution in [-0.2, 0) is 24.7 Å². The first-order valence-electron chi connectivity index (χ1n) is 9.83. The summed E-state index contributed by atoms with van der Waals surface area (Å²) in [5.74, 6) is 2.08. The fourth-order valence-corrected chi connectivity index (χ4v) is 10.6. The summed E-state index contributed by atoms with van der Waals surface area (Å²) in [5, 5.41) is 3.66. The summed E-state index contributed by atoms with van der Waals surface area (Å²) in [7, 11) is -1.19. The van der Waals surface area contributed by atoms with E-state index in [1.54, 1.807) is 46.6 Å². The van der Waals surface area contributed by atoms with Crippen molar-refractivity contribution in [3.05, 3.63) is 82.1 Å². The van der Waals surface area contributed by atoms with Crippen LogP contribution in [0, 0.1) is 5.92 Å². The monoisotopic (exact) mass is 501 g/mol. The van der Waals surface area contributed by atoms with Gasteiger partial charge in [0.15, 0.2) is 0 Å². The third-order valence-electron chi connectivity index (χ3n) is 6.90. The maximum absolute atomic E-state index is 2.55. The van der Waals surface area contributed by atoms with Crippen molar-refractivity contribution in [1.82, 2.24) is 0 Å². The molecular weight excluding hydrogens is 478 g/mol. The van der Waals surface area contributed by atoms with Crippen molar-refractivity contribution in [2.45, 2.75) is 41.9 Å². The van der Waals surface area contributed by atoms with Crippen LogP contribution in [0.3, 0.4) is 0 Å². The molecule has 2 aromatic rings.